The van der Waals surface area contributed by atoms with E-state index in [1.54, 1.807) is 12.1 Å². The van der Waals surface area contributed by atoms with E-state index in [4.69, 9.17) is 4.42 Å². The Morgan fingerprint density at radius 2 is 1.62 bits per heavy atom. The monoisotopic (exact) mass is 410 g/mol. The smallest absolute Gasteiger partial charge is 0.197 e. The number of phenols is 2. The van der Waals surface area contributed by atoms with Crippen LogP contribution >= 0.6 is 31.9 Å². The minimum absolute atomic E-state index is 0.00577. The molecule has 0 saturated heterocycles. The van der Waals surface area contributed by atoms with E-state index in [9.17, 15) is 15.0 Å². The Labute approximate surface area is 135 Å². The maximum absolute atomic E-state index is 12.3. The van der Waals surface area contributed by atoms with Crippen LogP contribution in [0.3, 0.4) is 0 Å². The average molecular weight is 412 g/mol. The molecule has 4 nitrogen and oxygen atoms in total. The predicted molar refractivity (Wildman–Crippen MR) is 86.6 cm³/mol. The van der Waals surface area contributed by atoms with Gasteiger partial charge in [-0.2, -0.15) is 0 Å². The molecule has 0 amide bonds. The second-order valence-corrected chi connectivity index (χ2v) is 5.96. The lowest BCUT2D eigenvalue weighted by Gasteiger charge is -2.09. The molecule has 0 radical (unpaired) electrons. The van der Waals surface area contributed by atoms with Crippen LogP contribution in [0.25, 0.3) is 22.3 Å². The van der Waals surface area contributed by atoms with Crippen LogP contribution in [0.15, 0.2) is 54.6 Å². The summed E-state index contributed by atoms with van der Waals surface area (Å²) in [7, 11) is 0. The number of fused-ring (bicyclic) bond motifs is 1. The largest absolute Gasteiger partial charge is 0.506 e. The SMILES string of the molecule is O=c1cc(-c2ccccc2)oc2c(Br)c(O)c(Br)c(O)c12. The fraction of sp³-hybridized carbons (Fsp3) is 0. The van der Waals surface area contributed by atoms with Gasteiger partial charge in [-0.05, 0) is 31.9 Å². The van der Waals surface area contributed by atoms with Crippen molar-refractivity contribution in [3.63, 3.8) is 0 Å². The summed E-state index contributed by atoms with van der Waals surface area (Å²) in [5.74, 6) is -0.220. The van der Waals surface area contributed by atoms with Crippen molar-refractivity contribution in [2.75, 3.05) is 0 Å². The summed E-state index contributed by atoms with van der Waals surface area (Å²) in [5.41, 5.74) is 0.429. The molecule has 0 aliphatic rings. The summed E-state index contributed by atoms with van der Waals surface area (Å²) in [6.45, 7) is 0. The van der Waals surface area contributed by atoms with Crippen molar-refractivity contribution in [2.45, 2.75) is 0 Å². The minimum Gasteiger partial charge on any atom is -0.506 e. The van der Waals surface area contributed by atoms with Crippen molar-refractivity contribution in [3.8, 4) is 22.8 Å². The van der Waals surface area contributed by atoms with Crippen molar-refractivity contribution in [1.29, 1.82) is 0 Å². The van der Waals surface area contributed by atoms with Crippen LogP contribution in [0.4, 0.5) is 0 Å². The molecule has 0 aliphatic carbocycles. The Balaban J connectivity index is 2.43. The van der Waals surface area contributed by atoms with Gasteiger partial charge >= 0.3 is 0 Å². The molecule has 0 aliphatic heterocycles. The van der Waals surface area contributed by atoms with Crippen LogP contribution in [0.1, 0.15) is 0 Å². The van der Waals surface area contributed by atoms with Crippen molar-refractivity contribution < 1.29 is 14.6 Å². The van der Waals surface area contributed by atoms with Gasteiger partial charge in [-0.1, -0.05) is 30.3 Å². The normalized spacial score (nSPS) is 11.0. The molecule has 21 heavy (non-hydrogen) atoms. The predicted octanol–water partition coefficient (Wildman–Crippen LogP) is 4.40. The highest BCUT2D eigenvalue weighted by molar-refractivity contribution is 9.11. The second kappa shape index (κ2) is 5.20. The van der Waals surface area contributed by atoms with Gasteiger partial charge in [-0.15, -0.1) is 0 Å². The number of hydrogen-bond donors (Lipinski definition) is 2. The first-order chi connectivity index (χ1) is 10.0. The maximum Gasteiger partial charge on any atom is 0.197 e. The molecular formula is C15H8Br2O4. The van der Waals surface area contributed by atoms with Crippen molar-refractivity contribution in [2.24, 2.45) is 0 Å². The van der Waals surface area contributed by atoms with Gasteiger partial charge in [0, 0.05) is 11.6 Å². The molecule has 0 saturated carbocycles. The van der Waals surface area contributed by atoms with Gasteiger partial charge < -0.3 is 14.6 Å². The Kier molecular flexibility index (Phi) is 3.51. The summed E-state index contributed by atoms with van der Waals surface area (Å²) in [4.78, 5) is 12.3. The third-order valence-electron chi connectivity index (χ3n) is 3.07. The molecule has 2 N–H and O–H groups in total. The molecule has 0 atom stereocenters. The summed E-state index contributed by atoms with van der Waals surface area (Å²) in [6, 6.07) is 10.4. The lowest BCUT2D eigenvalue weighted by molar-refractivity contribution is 0.444. The molecule has 6 heteroatoms. The summed E-state index contributed by atoms with van der Waals surface area (Å²) < 4.78 is 5.94. The van der Waals surface area contributed by atoms with Crippen molar-refractivity contribution in [3.05, 3.63) is 55.6 Å². The van der Waals surface area contributed by atoms with Gasteiger partial charge in [0.15, 0.2) is 16.8 Å². The molecule has 0 spiro atoms. The van der Waals surface area contributed by atoms with E-state index < -0.39 is 5.43 Å². The molecule has 0 unspecified atom stereocenters. The average Bonchev–Trinajstić information content (AvgIpc) is 2.51. The van der Waals surface area contributed by atoms with Crippen LogP contribution in [-0.2, 0) is 0 Å². The number of hydrogen-bond acceptors (Lipinski definition) is 4. The number of phenolic OH excluding ortho intramolecular Hbond substituents is 2. The van der Waals surface area contributed by atoms with Gasteiger partial charge in [0.2, 0.25) is 0 Å². The number of aromatic hydroxyl groups is 2. The molecule has 3 aromatic rings. The first kappa shape index (κ1) is 14.2. The summed E-state index contributed by atoms with van der Waals surface area (Å²) >= 11 is 6.22. The van der Waals surface area contributed by atoms with Crippen molar-refractivity contribution in [1.82, 2.24) is 0 Å². The zero-order chi connectivity index (χ0) is 15.1. The molecule has 0 bridgehead atoms. The fourth-order valence-corrected chi connectivity index (χ4v) is 3.18. The van der Waals surface area contributed by atoms with E-state index in [1.165, 1.54) is 6.07 Å². The van der Waals surface area contributed by atoms with E-state index in [2.05, 4.69) is 31.9 Å². The molecule has 1 aromatic heterocycles. The maximum atomic E-state index is 12.3. The standard InChI is InChI=1S/C15H8Br2O4/c16-11-13(19)10-8(18)6-9(7-4-2-1-3-5-7)21-15(10)12(17)14(11)20/h1-6,19-20H. The fourth-order valence-electron chi connectivity index (χ4n) is 2.04. The lowest BCUT2D eigenvalue weighted by atomic mass is 10.1. The molecule has 1 heterocycles. The molecular weight excluding hydrogens is 404 g/mol. The van der Waals surface area contributed by atoms with E-state index in [1.807, 2.05) is 18.2 Å². The first-order valence-electron chi connectivity index (χ1n) is 5.93. The van der Waals surface area contributed by atoms with E-state index in [-0.39, 0.29) is 31.4 Å². The number of benzene rings is 2. The Morgan fingerprint density at radius 1 is 0.952 bits per heavy atom. The Bertz CT molecular complexity index is 901. The molecule has 0 fully saturated rings. The molecule has 106 valence electrons. The first-order valence-corrected chi connectivity index (χ1v) is 7.51. The summed E-state index contributed by atoms with van der Waals surface area (Å²) in [6.07, 6.45) is 0. The molecule has 2 aromatic carbocycles. The zero-order valence-electron chi connectivity index (χ0n) is 10.4. The zero-order valence-corrected chi connectivity index (χ0v) is 13.6. The van der Waals surface area contributed by atoms with E-state index in [0.717, 1.165) is 5.56 Å². The highest BCUT2D eigenvalue weighted by Crippen LogP contribution is 2.45. The Hall–Kier alpha value is -1.79. The Morgan fingerprint density at radius 3 is 2.29 bits per heavy atom. The summed E-state index contributed by atoms with van der Waals surface area (Å²) in [5, 5.41) is 19.9. The van der Waals surface area contributed by atoms with Gasteiger partial charge in [0.05, 0.1) is 0 Å². The highest BCUT2D eigenvalue weighted by atomic mass is 79.9. The number of rotatable bonds is 1. The van der Waals surface area contributed by atoms with Gasteiger partial charge in [-0.3, -0.25) is 4.79 Å². The van der Waals surface area contributed by atoms with E-state index >= 15 is 0 Å². The highest BCUT2D eigenvalue weighted by Gasteiger charge is 2.20. The number of halogens is 2. The van der Waals surface area contributed by atoms with Crippen molar-refractivity contribution >= 4 is 42.8 Å². The third kappa shape index (κ3) is 2.24. The topological polar surface area (TPSA) is 70.7 Å². The van der Waals surface area contributed by atoms with Gasteiger partial charge in [0.1, 0.15) is 25.8 Å². The minimum atomic E-state index is -0.394. The van der Waals surface area contributed by atoms with Gasteiger partial charge in [0.25, 0.3) is 0 Å². The second-order valence-electron chi connectivity index (χ2n) is 4.37. The lowest BCUT2D eigenvalue weighted by Crippen LogP contribution is -2.01. The van der Waals surface area contributed by atoms with E-state index in [0.29, 0.717) is 5.76 Å². The van der Waals surface area contributed by atoms with Crippen LogP contribution in [0.2, 0.25) is 0 Å². The van der Waals surface area contributed by atoms with Crippen LogP contribution in [-0.4, -0.2) is 10.2 Å². The van der Waals surface area contributed by atoms with Crippen LogP contribution in [0.5, 0.6) is 11.5 Å². The molecule has 3 rings (SSSR count). The quantitative estimate of drug-likeness (QED) is 0.622. The van der Waals surface area contributed by atoms with Crippen LogP contribution in [0, 0.1) is 0 Å². The third-order valence-corrected chi connectivity index (χ3v) is 4.55. The van der Waals surface area contributed by atoms with Crippen LogP contribution < -0.4 is 5.43 Å². The van der Waals surface area contributed by atoms with Gasteiger partial charge in [-0.25, -0.2) is 0 Å².